The van der Waals surface area contributed by atoms with Gasteiger partial charge in [0.05, 0.1) is 5.69 Å². The summed E-state index contributed by atoms with van der Waals surface area (Å²) in [7, 11) is 0. The largest absolute Gasteiger partial charge is 0.216 e. The minimum absolute atomic E-state index is 0.437. The standard InChI is InChI=1S/C14H17Cl2N3/c1-3-10-8(2)18-19-13(16)11(9-6-4-5-7-9)12(15)17-14(10)19/h9H,3-7H2,1-2H3. The Morgan fingerprint density at radius 1 is 1.26 bits per heavy atom. The topological polar surface area (TPSA) is 30.2 Å². The first-order chi connectivity index (χ1) is 9.13. The van der Waals surface area contributed by atoms with E-state index in [4.69, 9.17) is 23.2 Å². The van der Waals surface area contributed by atoms with Crippen LogP contribution in [0.4, 0.5) is 0 Å². The molecule has 2 aromatic rings. The molecule has 0 amide bonds. The fourth-order valence-electron chi connectivity index (χ4n) is 3.12. The lowest BCUT2D eigenvalue weighted by Gasteiger charge is -2.14. The average Bonchev–Trinajstić information content (AvgIpc) is 2.97. The zero-order chi connectivity index (χ0) is 13.6. The number of rotatable bonds is 2. The molecule has 1 aliphatic rings. The lowest BCUT2D eigenvalue weighted by Crippen LogP contribution is -2.04. The minimum Gasteiger partial charge on any atom is -0.216 e. The van der Waals surface area contributed by atoms with Gasteiger partial charge in [-0.25, -0.2) is 9.50 Å². The lowest BCUT2D eigenvalue weighted by atomic mass is 10.0. The van der Waals surface area contributed by atoms with Crippen LogP contribution in [0.3, 0.4) is 0 Å². The Kier molecular flexibility index (Phi) is 3.44. The molecule has 0 bridgehead atoms. The van der Waals surface area contributed by atoms with Crippen LogP contribution in [0.2, 0.25) is 10.3 Å². The van der Waals surface area contributed by atoms with Gasteiger partial charge in [0, 0.05) is 11.1 Å². The van der Waals surface area contributed by atoms with Crippen LogP contribution < -0.4 is 0 Å². The van der Waals surface area contributed by atoms with E-state index in [9.17, 15) is 0 Å². The van der Waals surface area contributed by atoms with E-state index in [1.54, 1.807) is 4.52 Å². The van der Waals surface area contributed by atoms with Crippen molar-refractivity contribution in [3.05, 3.63) is 27.1 Å². The molecule has 0 unspecified atom stereocenters. The van der Waals surface area contributed by atoms with Gasteiger partial charge in [0.1, 0.15) is 10.3 Å². The second-order valence-electron chi connectivity index (χ2n) is 5.24. The van der Waals surface area contributed by atoms with Crippen LogP contribution in [0, 0.1) is 6.92 Å². The van der Waals surface area contributed by atoms with Crippen LogP contribution in [0.1, 0.15) is 55.3 Å². The summed E-state index contributed by atoms with van der Waals surface area (Å²) in [5, 5.41) is 5.72. The number of fused-ring (bicyclic) bond motifs is 1. The molecule has 1 saturated carbocycles. The predicted molar refractivity (Wildman–Crippen MR) is 78.3 cm³/mol. The van der Waals surface area contributed by atoms with Gasteiger partial charge >= 0.3 is 0 Å². The maximum absolute atomic E-state index is 6.55. The van der Waals surface area contributed by atoms with E-state index in [1.807, 2.05) is 6.92 Å². The summed E-state index contributed by atoms with van der Waals surface area (Å²) in [5.41, 5.74) is 3.90. The Balaban J connectivity index is 2.25. The van der Waals surface area contributed by atoms with Gasteiger partial charge in [0.15, 0.2) is 5.65 Å². The van der Waals surface area contributed by atoms with E-state index in [-0.39, 0.29) is 0 Å². The molecule has 0 aromatic carbocycles. The summed E-state index contributed by atoms with van der Waals surface area (Å²) in [5.74, 6) is 0.437. The zero-order valence-electron chi connectivity index (χ0n) is 11.2. The van der Waals surface area contributed by atoms with Crippen molar-refractivity contribution in [3.8, 4) is 0 Å². The molecule has 1 aliphatic carbocycles. The molecule has 3 nitrogen and oxygen atoms in total. The maximum atomic E-state index is 6.55. The Hall–Kier alpha value is -0.800. The van der Waals surface area contributed by atoms with Crippen molar-refractivity contribution in [2.24, 2.45) is 0 Å². The third-order valence-electron chi connectivity index (χ3n) is 4.11. The molecular weight excluding hydrogens is 281 g/mol. The van der Waals surface area contributed by atoms with Gasteiger partial charge in [-0.3, -0.25) is 0 Å². The van der Waals surface area contributed by atoms with Gasteiger partial charge in [-0.05, 0) is 32.1 Å². The summed E-state index contributed by atoms with van der Waals surface area (Å²) in [6.07, 6.45) is 5.67. The van der Waals surface area contributed by atoms with E-state index in [2.05, 4.69) is 17.0 Å². The smallest absolute Gasteiger partial charge is 0.161 e. The van der Waals surface area contributed by atoms with Crippen molar-refractivity contribution in [2.45, 2.75) is 51.9 Å². The fourth-order valence-corrected chi connectivity index (χ4v) is 3.85. The normalized spacial score (nSPS) is 16.6. The maximum Gasteiger partial charge on any atom is 0.161 e. The third-order valence-corrected chi connectivity index (χ3v) is 4.76. The molecule has 0 spiro atoms. The number of aryl methyl sites for hydroxylation is 2. The van der Waals surface area contributed by atoms with Gasteiger partial charge < -0.3 is 0 Å². The summed E-state index contributed by atoms with van der Waals surface area (Å²) in [4.78, 5) is 4.55. The van der Waals surface area contributed by atoms with Gasteiger partial charge in [-0.2, -0.15) is 5.10 Å². The minimum atomic E-state index is 0.437. The molecule has 0 atom stereocenters. The van der Waals surface area contributed by atoms with Crippen LogP contribution in [-0.4, -0.2) is 14.6 Å². The highest BCUT2D eigenvalue weighted by atomic mass is 35.5. The molecular formula is C14H17Cl2N3. The number of hydrogen-bond acceptors (Lipinski definition) is 2. The second kappa shape index (κ2) is 4.95. The van der Waals surface area contributed by atoms with Gasteiger partial charge in [-0.1, -0.05) is 43.0 Å². The molecule has 0 saturated heterocycles. The molecule has 19 heavy (non-hydrogen) atoms. The monoisotopic (exact) mass is 297 g/mol. The molecule has 2 aromatic heterocycles. The van der Waals surface area contributed by atoms with Crippen LogP contribution >= 0.6 is 23.2 Å². The van der Waals surface area contributed by atoms with Crippen molar-refractivity contribution in [1.29, 1.82) is 0 Å². The highest BCUT2D eigenvalue weighted by molar-refractivity contribution is 6.35. The number of hydrogen-bond donors (Lipinski definition) is 0. The third kappa shape index (κ3) is 2.03. The second-order valence-corrected chi connectivity index (χ2v) is 5.96. The predicted octanol–water partition coefficient (Wildman–Crippen LogP) is 4.56. The first-order valence-corrected chi connectivity index (χ1v) is 7.62. The van der Waals surface area contributed by atoms with E-state index < -0.39 is 0 Å². The highest BCUT2D eigenvalue weighted by Crippen LogP contribution is 2.41. The first-order valence-electron chi connectivity index (χ1n) is 6.86. The molecule has 0 radical (unpaired) electrons. The average molecular weight is 298 g/mol. The van der Waals surface area contributed by atoms with Gasteiger partial charge in [0.2, 0.25) is 0 Å². The Bertz CT molecular complexity index is 627. The van der Waals surface area contributed by atoms with Crippen LogP contribution in [0.25, 0.3) is 5.65 Å². The van der Waals surface area contributed by atoms with E-state index in [0.29, 0.717) is 16.2 Å². The summed E-state index contributed by atoms with van der Waals surface area (Å²) < 4.78 is 1.76. The molecule has 102 valence electrons. The SMILES string of the molecule is CCc1c(C)nn2c(Cl)c(C3CCCC3)c(Cl)nc12. The summed E-state index contributed by atoms with van der Waals surface area (Å²) in [6, 6.07) is 0. The molecule has 2 heterocycles. The van der Waals surface area contributed by atoms with Crippen molar-refractivity contribution in [2.75, 3.05) is 0 Å². The van der Waals surface area contributed by atoms with Gasteiger partial charge in [-0.15, -0.1) is 0 Å². The summed E-state index contributed by atoms with van der Waals surface area (Å²) >= 11 is 12.9. The van der Waals surface area contributed by atoms with Crippen molar-refractivity contribution in [3.63, 3.8) is 0 Å². The quantitative estimate of drug-likeness (QED) is 0.760. The summed E-state index contributed by atoms with van der Waals surface area (Å²) in [6.45, 7) is 4.09. The Morgan fingerprint density at radius 3 is 2.58 bits per heavy atom. The van der Waals surface area contributed by atoms with Crippen molar-refractivity contribution < 1.29 is 0 Å². The Labute approximate surface area is 122 Å². The van der Waals surface area contributed by atoms with E-state index >= 15 is 0 Å². The van der Waals surface area contributed by atoms with E-state index in [1.165, 1.54) is 12.8 Å². The van der Waals surface area contributed by atoms with Crippen LogP contribution in [0.15, 0.2) is 0 Å². The number of aromatic nitrogens is 3. The lowest BCUT2D eigenvalue weighted by molar-refractivity contribution is 0.708. The Morgan fingerprint density at radius 2 is 1.95 bits per heavy atom. The van der Waals surface area contributed by atoms with E-state index in [0.717, 1.165) is 41.7 Å². The molecule has 1 fully saturated rings. The van der Waals surface area contributed by atoms with Crippen LogP contribution in [-0.2, 0) is 6.42 Å². The molecule has 0 aliphatic heterocycles. The van der Waals surface area contributed by atoms with Crippen molar-refractivity contribution >= 4 is 28.8 Å². The number of nitrogens with zero attached hydrogens (tertiary/aromatic N) is 3. The van der Waals surface area contributed by atoms with Gasteiger partial charge in [0.25, 0.3) is 0 Å². The number of halogens is 2. The molecule has 5 heteroatoms. The highest BCUT2D eigenvalue weighted by Gasteiger charge is 2.26. The van der Waals surface area contributed by atoms with Crippen molar-refractivity contribution in [1.82, 2.24) is 14.6 Å². The molecule has 3 rings (SSSR count). The van der Waals surface area contributed by atoms with Crippen LogP contribution in [0.5, 0.6) is 0 Å². The zero-order valence-corrected chi connectivity index (χ0v) is 12.7. The molecule has 0 N–H and O–H groups in total. The first kappa shape index (κ1) is 13.2. The fraction of sp³-hybridized carbons (Fsp3) is 0.571.